The van der Waals surface area contributed by atoms with Crippen LogP contribution >= 0.6 is 22.7 Å². The molecule has 5 aromatic rings. The van der Waals surface area contributed by atoms with Crippen molar-refractivity contribution in [1.82, 2.24) is 9.55 Å². The molecule has 3 heterocycles. The van der Waals surface area contributed by atoms with E-state index in [2.05, 4.69) is 10.3 Å². The number of pyridine rings is 1. The highest BCUT2D eigenvalue weighted by atomic mass is 32.1. The number of thiazole rings is 1. The number of anilines is 1. The van der Waals surface area contributed by atoms with Crippen molar-refractivity contribution in [1.29, 1.82) is 0 Å². The maximum atomic E-state index is 13.6. The Bertz CT molecular complexity index is 1720. The van der Waals surface area contributed by atoms with Crippen molar-refractivity contribution < 1.29 is 19.1 Å². The molecule has 10 heteroatoms. The zero-order valence-electron chi connectivity index (χ0n) is 20.1. The smallest absolute Gasteiger partial charge is 0.326 e. The van der Waals surface area contributed by atoms with E-state index in [4.69, 9.17) is 9.72 Å². The molecule has 186 valence electrons. The highest BCUT2D eigenvalue weighted by molar-refractivity contribution is 7.16. The van der Waals surface area contributed by atoms with E-state index in [1.807, 2.05) is 41.8 Å². The van der Waals surface area contributed by atoms with Crippen molar-refractivity contribution in [2.45, 2.75) is 20.4 Å². The first kappa shape index (κ1) is 24.5. The Hall–Kier alpha value is -4.15. The lowest BCUT2D eigenvalue weighted by molar-refractivity contribution is -0.143. The number of amides is 2. The third-order valence-corrected chi connectivity index (χ3v) is 7.45. The summed E-state index contributed by atoms with van der Waals surface area (Å²) < 4.78 is 7.58. The van der Waals surface area contributed by atoms with Gasteiger partial charge >= 0.3 is 5.97 Å². The second-order valence-corrected chi connectivity index (χ2v) is 10.1. The van der Waals surface area contributed by atoms with Crippen molar-refractivity contribution in [3.05, 3.63) is 76.4 Å². The molecule has 0 saturated heterocycles. The second kappa shape index (κ2) is 10.5. The van der Waals surface area contributed by atoms with E-state index in [1.54, 1.807) is 47.1 Å². The molecule has 0 bridgehead atoms. The van der Waals surface area contributed by atoms with Gasteiger partial charge in [-0.3, -0.25) is 14.4 Å². The summed E-state index contributed by atoms with van der Waals surface area (Å²) in [5.41, 5.74) is 3.14. The zero-order chi connectivity index (χ0) is 25.9. The molecule has 37 heavy (non-hydrogen) atoms. The minimum atomic E-state index is -0.442. The lowest BCUT2D eigenvalue weighted by Gasteiger charge is -2.07. The second-order valence-electron chi connectivity index (χ2n) is 8.11. The summed E-state index contributed by atoms with van der Waals surface area (Å²) in [6.07, 6.45) is 0. The van der Waals surface area contributed by atoms with Gasteiger partial charge in [-0.05, 0) is 48.7 Å². The number of fused-ring (bicyclic) bond motifs is 2. The van der Waals surface area contributed by atoms with Gasteiger partial charge in [0.1, 0.15) is 6.54 Å². The molecular formula is C27H22N4O4S2. The number of ether oxygens (including phenoxy) is 1. The Balaban J connectivity index is 1.66. The molecule has 0 radical (unpaired) electrons. The zero-order valence-corrected chi connectivity index (χ0v) is 21.7. The number of hydrogen-bond acceptors (Lipinski definition) is 7. The van der Waals surface area contributed by atoms with Crippen LogP contribution in [0.3, 0.4) is 0 Å². The molecule has 0 saturated carbocycles. The minimum absolute atomic E-state index is 0.100. The van der Waals surface area contributed by atoms with Gasteiger partial charge in [0, 0.05) is 18.0 Å². The number of carbonyl (C=O) groups excluding carboxylic acids is 3. The van der Waals surface area contributed by atoms with Crippen LogP contribution in [0, 0.1) is 0 Å². The topological polar surface area (TPSA) is 103 Å². The fourth-order valence-corrected chi connectivity index (χ4v) is 5.73. The molecule has 0 aliphatic carbocycles. The predicted octanol–water partition coefficient (Wildman–Crippen LogP) is 5.24. The molecule has 2 amide bonds. The van der Waals surface area contributed by atoms with Crippen molar-refractivity contribution in [3.8, 4) is 10.6 Å². The summed E-state index contributed by atoms with van der Waals surface area (Å²) in [5.74, 6) is -1.07. The largest absolute Gasteiger partial charge is 0.465 e. The van der Waals surface area contributed by atoms with Crippen LogP contribution in [-0.4, -0.2) is 33.9 Å². The van der Waals surface area contributed by atoms with Gasteiger partial charge in [0.25, 0.3) is 5.91 Å². The molecule has 0 aliphatic heterocycles. The van der Waals surface area contributed by atoms with Gasteiger partial charge in [-0.15, -0.1) is 11.3 Å². The van der Waals surface area contributed by atoms with Gasteiger partial charge < -0.3 is 14.6 Å². The van der Waals surface area contributed by atoms with E-state index >= 15 is 0 Å². The Morgan fingerprint density at radius 2 is 1.92 bits per heavy atom. The average Bonchev–Trinajstić information content (AvgIpc) is 3.52. The number of benzene rings is 2. The summed E-state index contributed by atoms with van der Waals surface area (Å²) in [7, 11) is 0. The number of aromatic nitrogens is 2. The van der Waals surface area contributed by atoms with Crippen LogP contribution in [-0.2, 0) is 20.9 Å². The fraction of sp³-hybridized carbons (Fsp3) is 0.148. The lowest BCUT2D eigenvalue weighted by Crippen LogP contribution is -2.23. The molecule has 0 fully saturated rings. The van der Waals surface area contributed by atoms with Crippen LogP contribution in [0.15, 0.2) is 71.0 Å². The number of rotatable bonds is 6. The van der Waals surface area contributed by atoms with E-state index in [-0.39, 0.29) is 19.1 Å². The van der Waals surface area contributed by atoms with Gasteiger partial charge in [0.15, 0.2) is 4.80 Å². The Morgan fingerprint density at radius 1 is 1.08 bits per heavy atom. The predicted molar refractivity (Wildman–Crippen MR) is 146 cm³/mol. The summed E-state index contributed by atoms with van der Waals surface area (Å²) >= 11 is 2.80. The standard InChI is InChI=1S/C27H22N4O4S2/c1-3-35-25(33)15-31-22-11-10-17(28-16(2)32)13-24(22)37-27(31)30-26(34)19-14-21(23-9-6-12-36-23)29-20-8-5-4-7-18(19)20/h4-14H,3,15H2,1-2H3,(H,28,32). The Labute approximate surface area is 219 Å². The van der Waals surface area contributed by atoms with E-state index in [9.17, 15) is 14.4 Å². The minimum Gasteiger partial charge on any atom is -0.465 e. The number of esters is 1. The summed E-state index contributed by atoms with van der Waals surface area (Å²) in [5, 5.41) is 5.41. The van der Waals surface area contributed by atoms with Crippen LogP contribution in [0.25, 0.3) is 31.7 Å². The van der Waals surface area contributed by atoms with Crippen LogP contribution < -0.4 is 10.1 Å². The molecular weight excluding hydrogens is 508 g/mol. The van der Waals surface area contributed by atoms with Gasteiger partial charge in [0.05, 0.1) is 38.5 Å². The highest BCUT2D eigenvalue weighted by Crippen LogP contribution is 2.28. The Morgan fingerprint density at radius 3 is 2.68 bits per heavy atom. The molecule has 3 aromatic heterocycles. The number of para-hydroxylation sites is 1. The normalized spacial score (nSPS) is 11.7. The quantitative estimate of drug-likeness (QED) is 0.303. The van der Waals surface area contributed by atoms with Crippen molar-refractivity contribution in [3.63, 3.8) is 0 Å². The average molecular weight is 531 g/mol. The van der Waals surface area contributed by atoms with Crippen LogP contribution in [0.2, 0.25) is 0 Å². The first-order chi connectivity index (χ1) is 17.9. The maximum absolute atomic E-state index is 13.6. The molecule has 8 nitrogen and oxygen atoms in total. The van der Waals surface area contributed by atoms with E-state index in [0.717, 1.165) is 9.58 Å². The van der Waals surface area contributed by atoms with Crippen molar-refractivity contribution >= 4 is 67.3 Å². The molecule has 1 N–H and O–H groups in total. The van der Waals surface area contributed by atoms with Gasteiger partial charge in [0.2, 0.25) is 5.91 Å². The van der Waals surface area contributed by atoms with Crippen LogP contribution in [0.5, 0.6) is 0 Å². The van der Waals surface area contributed by atoms with E-state index in [1.165, 1.54) is 18.3 Å². The molecule has 5 rings (SSSR count). The number of hydrogen-bond donors (Lipinski definition) is 1. The van der Waals surface area contributed by atoms with Gasteiger partial charge in [-0.2, -0.15) is 4.99 Å². The summed E-state index contributed by atoms with van der Waals surface area (Å²) in [4.78, 5) is 48.0. The summed E-state index contributed by atoms with van der Waals surface area (Å²) in [6, 6.07) is 18.4. The summed E-state index contributed by atoms with van der Waals surface area (Å²) in [6.45, 7) is 3.32. The van der Waals surface area contributed by atoms with Crippen LogP contribution in [0.4, 0.5) is 5.69 Å². The molecule has 0 spiro atoms. The number of nitrogens with zero attached hydrogens (tertiary/aromatic N) is 3. The van der Waals surface area contributed by atoms with Gasteiger partial charge in [-0.1, -0.05) is 35.6 Å². The Kier molecular flexibility index (Phi) is 6.93. The maximum Gasteiger partial charge on any atom is 0.326 e. The molecule has 0 atom stereocenters. The van der Waals surface area contributed by atoms with Gasteiger partial charge in [-0.25, -0.2) is 4.98 Å². The third-order valence-electron chi connectivity index (χ3n) is 5.51. The monoisotopic (exact) mass is 530 g/mol. The molecule has 2 aromatic carbocycles. The SMILES string of the molecule is CCOC(=O)Cn1c(=NC(=O)c2cc(-c3cccs3)nc3ccccc23)sc2cc(NC(C)=O)ccc21. The van der Waals surface area contributed by atoms with E-state index in [0.29, 0.717) is 38.2 Å². The number of nitrogens with one attached hydrogen (secondary N) is 1. The fourth-order valence-electron chi connectivity index (χ4n) is 3.98. The number of carbonyl (C=O) groups is 3. The number of thiophene rings is 1. The van der Waals surface area contributed by atoms with Crippen LogP contribution in [0.1, 0.15) is 24.2 Å². The first-order valence-corrected chi connectivity index (χ1v) is 13.2. The highest BCUT2D eigenvalue weighted by Gasteiger charge is 2.17. The lowest BCUT2D eigenvalue weighted by atomic mass is 10.1. The molecule has 0 unspecified atom stereocenters. The van der Waals surface area contributed by atoms with E-state index < -0.39 is 11.9 Å². The van der Waals surface area contributed by atoms with Crippen molar-refractivity contribution in [2.24, 2.45) is 4.99 Å². The first-order valence-electron chi connectivity index (χ1n) is 11.5. The molecule has 0 aliphatic rings. The third kappa shape index (κ3) is 5.20. The van der Waals surface area contributed by atoms with Crippen molar-refractivity contribution in [2.75, 3.05) is 11.9 Å².